The topological polar surface area (TPSA) is 75.7 Å². The van der Waals surface area contributed by atoms with E-state index in [1.54, 1.807) is 13.3 Å². The molecule has 0 atom stereocenters. The number of H-pyrrole nitrogens is 1. The standard InChI is InChI=1S/C16H17N5O/c1-22-15-5-4-12(8-19-15)7-18-10-14-11-20-21-16(14)13-3-2-6-17-9-13/h2-6,8-9,11,18H,7,10H2,1H3,(H,20,21). The SMILES string of the molecule is COc1ccc(CNCc2cn[nH]c2-c2cccnc2)cn1. The van der Waals surface area contributed by atoms with Crippen LogP contribution >= 0.6 is 0 Å². The van der Waals surface area contributed by atoms with Crippen molar-refractivity contribution in [1.82, 2.24) is 25.5 Å². The lowest BCUT2D eigenvalue weighted by Crippen LogP contribution is -2.13. The van der Waals surface area contributed by atoms with Crippen molar-refractivity contribution in [3.05, 3.63) is 60.2 Å². The maximum Gasteiger partial charge on any atom is 0.212 e. The Kier molecular flexibility index (Phi) is 4.41. The van der Waals surface area contributed by atoms with E-state index in [0.717, 1.165) is 28.9 Å². The molecule has 112 valence electrons. The molecule has 0 amide bonds. The lowest BCUT2D eigenvalue weighted by atomic mass is 10.1. The molecule has 3 aromatic rings. The third-order valence-corrected chi connectivity index (χ3v) is 3.32. The van der Waals surface area contributed by atoms with Gasteiger partial charge in [-0.3, -0.25) is 10.1 Å². The van der Waals surface area contributed by atoms with Gasteiger partial charge in [-0.2, -0.15) is 5.10 Å². The van der Waals surface area contributed by atoms with Crippen molar-refractivity contribution < 1.29 is 4.74 Å². The van der Waals surface area contributed by atoms with E-state index >= 15 is 0 Å². The number of rotatable bonds is 6. The van der Waals surface area contributed by atoms with E-state index in [2.05, 4.69) is 25.5 Å². The van der Waals surface area contributed by atoms with Gasteiger partial charge in [-0.25, -0.2) is 4.98 Å². The first-order valence-electron chi connectivity index (χ1n) is 6.99. The molecule has 0 bridgehead atoms. The molecular weight excluding hydrogens is 278 g/mol. The van der Waals surface area contributed by atoms with Gasteiger partial charge in [-0.15, -0.1) is 0 Å². The van der Waals surface area contributed by atoms with Crippen LogP contribution in [-0.4, -0.2) is 27.3 Å². The summed E-state index contributed by atoms with van der Waals surface area (Å²) in [6.45, 7) is 1.45. The summed E-state index contributed by atoms with van der Waals surface area (Å²) in [5.41, 5.74) is 4.23. The largest absolute Gasteiger partial charge is 0.481 e. The number of pyridine rings is 2. The second kappa shape index (κ2) is 6.82. The van der Waals surface area contributed by atoms with Gasteiger partial charge in [-0.1, -0.05) is 6.07 Å². The molecule has 0 radical (unpaired) electrons. The summed E-state index contributed by atoms with van der Waals surface area (Å²) in [7, 11) is 1.61. The van der Waals surface area contributed by atoms with Gasteiger partial charge in [-0.05, 0) is 17.7 Å². The number of methoxy groups -OCH3 is 1. The fraction of sp³-hybridized carbons (Fsp3) is 0.188. The molecule has 6 heteroatoms. The van der Waals surface area contributed by atoms with Crippen molar-refractivity contribution in [3.8, 4) is 17.1 Å². The van der Waals surface area contributed by atoms with Crippen molar-refractivity contribution in [3.63, 3.8) is 0 Å². The highest BCUT2D eigenvalue weighted by molar-refractivity contribution is 5.61. The Labute approximate surface area is 128 Å². The highest BCUT2D eigenvalue weighted by atomic mass is 16.5. The molecule has 0 spiro atoms. The average molecular weight is 295 g/mol. The van der Waals surface area contributed by atoms with Crippen LogP contribution in [0.25, 0.3) is 11.3 Å². The van der Waals surface area contributed by atoms with Crippen LogP contribution in [0.3, 0.4) is 0 Å². The average Bonchev–Trinajstić information content (AvgIpc) is 3.05. The zero-order valence-corrected chi connectivity index (χ0v) is 12.3. The Bertz CT molecular complexity index is 709. The quantitative estimate of drug-likeness (QED) is 0.729. The molecule has 0 saturated heterocycles. The molecule has 0 aliphatic carbocycles. The van der Waals surface area contributed by atoms with Crippen LogP contribution in [0.2, 0.25) is 0 Å². The highest BCUT2D eigenvalue weighted by Crippen LogP contribution is 2.19. The Hall–Kier alpha value is -2.73. The minimum Gasteiger partial charge on any atom is -0.481 e. The molecular formula is C16H17N5O. The van der Waals surface area contributed by atoms with Crippen LogP contribution in [-0.2, 0) is 13.1 Å². The van der Waals surface area contributed by atoms with Crippen molar-refractivity contribution in [1.29, 1.82) is 0 Å². The fourth-order valence-electron chi connectivity index (χ4n) is 2.18. The molecule has 2 N–H and O–H groups in total. The molecule has 3 heterocycles. The zero-order valence-electron chi connectivity index (χ0n) is 12.3. The normalized spacial score (nSPS) is 10.6. The minimum atomic E-state index is 0.623. The Morgan fingerprint density at radius 1 is 1.14 bits per heavy atom. The summed E-state index contributed by atoms with van der Waals surface area (Å²) in [5, 5.41) is 10.5. The van der Waals surface area contributed by atoms with Crippen LogP contribution in [0.1, 0.15) is 11.1 Å². The van der Waals surface area contributed by atoms with E-state index < -0.39 is 0 Å². The van der Waals surface area contributed by atoms with Crippen molar-refractivity contribution in [2.75, 3.05) is 7.11 Å². The molecule has 3 aromatic heterocycles. The van der Waals surface area contributed by atoms with Crippen molar-refractivity contribution in [2.45, 2.75) is 13.1 Å². The first-order chi connectivity index (χ1) is 10.9. The highest BCUT2D eigenvalue weighted by Gasteiger charge is 2.07. The zero-order chi connectivity index (χ0) is 15.2. The molecule has 0 saturated carbocycles. The fourth-order valence-corrected chi connectivity index (χ4v) is 2.18. The Morgan fingerprint density at radius 2 is 2.09 bits per heavy atom. The van der Waals surface area contributed by atoms with Gasteiger partial charge in [0.25, 0.3) is 0 Å². The summed E-state index contributed by atoms with van der Waals surface area (Å²) in [6, 6.07) is 7.78. The number of nitrogens with zero attached hydrogens (tertiary/aromatic N) is 3. The Morgan fingerprint density at radius 3 is 2.82 bits per heavy atom. The molecule has 0 aliphatic heterocycles. The number of aromatic nitrogens is 4. The lowest BCUT2D eigenvalue weighted by Gasteiger charge is -2.06. The molecule has 0 unspecified atom stereocenters. The van der Waals surface area contributed by atoms with Gasteiger partial charge in [0.05, 0.1) is 19.0 Å². The summed E-state index contributed by atoms with van der Waals surface area (Å²) in [5.74, 6) is 0.623. The first-order valence-corrected chi connectivity index (χ1v) is 6.99. The van der Waals surface area contributed by atoms with Gasteiger partial charge in [0.2, 0.25) is 5.88 Å². The van der Waals surface area contributed by atoms with Crippen molar-refractivity contribution in [2.24, 2.45) is 0 Å². The molecule has 6 nitrogen and oxygen atoms in total. The molecule has 3 rings (SSSR count). The molecule has 22 heavy (non-hydrogen) atoms. The van der Waals surface area contributed by atoms with E-state index in [1.165, 1.54) is 0 Å². The number of ether oxygens (including phenoxy) is 1. The van der Waals surface area contributed by atoms with Crippen LogP contribution in [0.4, 0.5) is 0 Å². The second-order valence-corrected chi connectivity index (χ2v) is 4.82. The number of hydrogen-bond donors (Lipinski definition) is 2. The maximum absolute atomic E-state index is 5.05. The second-order valence-electron chi connectivity index (χ2n) is 4.82. The number of nitrogens with one attached hydrogen (secondary N) is 2. The Balaban J connectivity index is 1.61. The monoisotopic (exact) mass is 295 g/mol. The number of hydrogen-bond acceptors (Lipinski definition) is 5. The predicted octanol–water partition coefficient (Wildman–Crippen LogP) is 2.17. The van der Waals surface area contributed by atoms with Crippen LogP contribution < -0.4 is 10.1 Å². The third kappa shape index (κ3) is 3.29. The smallest absolute Gasteiger partial charge is 0.212 e. The first kappa shape index (κ1) is 14.2. The van der Waals surface area contributed by atoms with Gasteiger partial charge < -0.3 is 10.1 Å². The number of aromatic amines is 1. The van der Waals surface area contributed by atoms with E-state index in [0.29, 0.717) is 12.4 Å². The molecule has 0 aliphatic rings. The predicted molar refractivity (Wildman–Crippen MR) is 83.2 cm³/mol. The van der Waals surface area contributed by atoms with Crippen molar-refractivity contribution >= 4 is 0 Å². The molecule has 0 fully saturated rings. The van der Waals surface area contributed by atoms with Gasteiger partial charge in [0.1, 0.15) is 0 Å². The summed E-state index contributed by atoms with van der Waals surface area (Å²) < 4.78 is 5.05. The van der Waals surface area contributed by atoms with Crippen LogP contribution in [0.5, 0.6) is 5.88 Å². The lowest BCUT2D eigenvalue weighted by molar-refractivity contribution is 0.397. The summed E-state index contributed by atoms with van der Waals surface area (Å²) in [6.07, 6.45) is 7.23. The van der Waals surface area contributed by atoms with Crippen LogP contribution in [0, 0.1) is 0 Å². The van der Waals surface area contributed by atoms with Gasteiger partial charge in [0, 0.05) is 48.9 Å². The van der Waals surface area contributed by atoms with Gasteiger partial charge in [0.15, 0.2) is 0 Å². The maximum atomic E-state index is 5.05. The summed E-state index contributed by atoms with van der Waals surface area (Å²) >= 11 is 0. The van der Waals surface area contributed by atoms with E-state index in [1.807, 2.05) is 42.9 Å². The van der Waals surface area contributed by atoms with E-state index in [4.69, 9.17) is 4.74 Å². The van der Waals surface area contributed by atoms with Crippen LogP contribution in [0.15, 0.2) is 49.1 Å². The van der Waals surface area contributed by atoms with Gasteiger partial charge >= 0.3 is 0 Å². The summed E-state index contributed by atoms with van der Waals surface area (Å²) in [4.78, 5) is 8.33. The third-order valence-electron chi connectivity index (χ3n) is 3.32. The minimum absolute atomic E-state index is 0.623. The van der Waals surface area contributed by atoms with E-state index in [9.17, 15) is 0 Å². The molecule has 0 aromatic carbocycles. The van der Waals surface area contributed by atoms with E-state index in [-0.39, 0.29) is 0 Å².